The van der Waals surface area contributed by atoms with Crippen LogP contribution in [0.5, 0.6) is 5.75 Å². The van der Waals surface area contributed by atoms with Crippen LogP contribution in [0.15, 0.2) is 27.8 Å². The van der Waals surface area contributed by atoms with Crippen LogP contribution in [0, 0.1) is 0 Å². The molecule has 7 nitrogen and oxygen atoms in total. The first-order valence-corrected chi connectivity index (χ1v) is 9.04. The average Bonchev–Trinajstić information content (AvgIpc) is 3.12. The fourth-order valence-corrected chi connectivity index (χ4v) is 2.65. The van der Waals surface area contributed by atoms with Crippen LogP contribution < -0.4 is 15.5 Å². The summed E-state index contributed by atoms with van der Waals surface area (Å²) >= 11 is 3.38. The minimum Gasteiger partial charge on any atom is -0.493 e. The summed E-state index contributed by atoms with van der Waals surface area (Å²) in [4.78, 5) is 23.5. The van der Waals surface area contributed by atoms with Crippen molar-refractivity contribution >= 4 is 34.0 Å². The maximum Gasteiger partial charge on any atom is 0.329 e. The first-order valence-electron chi connectivity index (χ1n) is 8.25. The number of nitrogens with zero attached hydrogens (tertiary/aromatic N) is 1. The van der Waals surface area contributed by atoms with Gasteiger partial charge in [0.05, 0.1) is 18.9 Å². The van der Waals surface area contributed by atoms with E-state index in [9.17, 15) is 9.59 Å². The van der Waals surface area contributed by atoms with Gasteiger partial charge in [0.2, 0.25) is 0 Å². The summed E-state index contributed by atoms with van der Waals surface area (Å²) in [5, 5.41) is 6.37. The average molecular weight is 412 g/mol. The molecule has 1 saturated heterocycles. The molecule has 1 heterocycles. The van der Waals surface area contributed by atoms with Crippen molar-refractivity contribution in [3.63, 3.8) is 0 Å². The number of hydrogen-bond donors (Lipinski definition) is 2. The number of benzene rings is 1. The van der Waals surface area contributed by atoms with Gasteiger partial charge in [-0.2, -0.15) is 5.10 Å². The summed E-state index contributed by atoms with van der Waals surface area (Å²) < 4.78 is 11.9. The smallest absolute Gasteiger partial charge is 0.329 e. The van der Waals surface area contributed by atoms with Crippen LogP contribution in [0.3, 0.4) is 0 Å². The second-order valence-electron chi connectivity index (χ2n) is 5.57. The van der Waals surface area contributed by atoms with Crippen molar-refractivity contribution in [2.24, 2.45) is 5.10 Å². The summed E-state index contributed by atoms with van der Waals surface area (Å²) in [6.45, 7) is 3.63. The van der Waals surface area contributed by atoms with E-state index in [1.165, 1.54) is 6.21 Å². The van der Waals surface area contributed by atoms with Gasteiger partial charge in [-0.05, 0) is 37.5 Å². The predicted octanol–water partition coefficient (Wildman–Crippen LogP) is 1.98. The molecule has 25 heavy (non-hydrogen) atoms. The molecule has 136 valence electrons. The molecule has 0 saturated carbocycles. The Morgan fingerprint density at radius 2 is 2.28 bits per heavy atom. The number of carbonyl (C=O) groups excluding carboxylic acids is 2. The summed E-state index contributed by atoms with van der Waals surface area (Å²) in [7, 11) is 0. The third kappa shape index (κ3) is 6.47. The van der Waals surface area contributed by atoms with Crippen LogP contribution in [-0.2, 0) is 14.3 Å². The molecule has 1 atom stereocenters. The zero-order valence-corrected chi connectivity index (χ0v) is 15.7. The van der Waals surface area contributed by atoms with Gasteiger partial charge >= 0.3 is 11.8 Å². The molecule has 1 fully saturated rings. The number of hydrogen-bond acceptors (Lipinski definition) is 5. The Bertz CT molecular complexity index is 630. The Balaban J connectivity index is 1.85. The summed E-state index contributed by atoms with van der Waals surface area (Å²) in [5.74, 6) is -0.893. The molecule has 1 aliphatic heterocycles. The molecule has 2 amide bonds. The lowest BCUT2D eigenvalue weighted by Gasteiger charge is -2.10. The lowest BCUT2D eigenvalue weighted by atomic mass is 10.2. The van der Waals surface area contributed by atoms with E-state index in [2.05, 4.69) is 31.8 Å². The molecule has 0 radical (unpaired) electrons. The van der Waals surface area contributed by atoms with Crippen LogP contribution in [0.4, 0.5) is 0 Å². The standard InChI is InChI=1S/C17H22BrN3O4/c1-2-7-25-15-6-5-13(18)9-12(15)10-20-21-17(23)16(22)19-11-14-4-3-8-24-14/h5-6,9-10,14H,2-4,7-8,11H2,1H3,(H,19,22)(H,21,23)/b20-10-/t14-/m1/s1. The van der Waals surface area contributed by atoms with E-state index in [4.69, 9.17) is 9.47 Å². The van der Waals surface area contributed by atoms with Gasteiger partial charge in [-0.1, -0.05) is 22.9 Å². The van der Waals surface area contributed by atoms with Crippen LogP contribution >= 0.6 is 15.9 Å². The summed E-state index contributed by atoms with van der Waals surface area (Å²) in [6, 6.07) is 5.49. The molecule has 2 rings (SSSR count). The quantitative estimate of drug-likeness (QED) is 0.407. The van der Waals surface area contributed by atoms with Gasteiger partial charge in [0, 0.05) is 23.2 Å². The highest BCUT2D eigenvalue weighted by Gasteiger charge is 2.18. The number of rotatable bonds is 7. The molecule has 0 aliphatic carbocycles. The SMILES string of the molecule is CCCOc1ccc(Br)cc1/C=N\NC(=O)C(=O)NC[C@H]1CCCO1. The number of amides is 2. The van der Waals surface area contributed by atoms with Crippen molar-refractivity contribution in [2.45, 2.75) is 32.3 Å². The molecular weight excluding hydrogens is 390 g/mol. The van der Waals surface area contributed by atoms with E-state index in [1.54, 1.807) is 0 Å². The third-order valence-electron chi connectivity index (χ3n) is 3.52. The summed E-state index contributed by atoms with van der Waals surface area (Å²) in [6.07, 6.45) is 4.19. The molecule has 2 N–H and O–H groups in total. The van der Waals surface area contributed by atoms with Crippen molar-refractivity contribution in [2.75, 3.05) is 19.8 Å². The van der Waals surface area contributed by atoms with Crippen LogP contribution in [0.1, 0.15) is 31.7 Å². The van der Waals surface area contributed by atoms with E-state index >= 15 is 0 Å². The molecule has 1 aromatic rings. The van der Waals surface area contributed by atoms with E-state index < -0.39 is 11.8 Å². The maximum absolute atomic E-state index is 11.7. The number of nitrogens with one attached hydrogen (secondary N) is 2. The molecule has 1 aromatic carbocycles. The number of hydrazone groups is 1. The molecule has 0 bridgehead atoms. The maximum atomic E-state index is 11.7. The van der Waals surface area contributed by atoms with Crippen LogP contribution in [-0.4, -0.2) is 43.9 Å². The number of ether oxygens (including phenoxy) is 2. The van der Waals surface area contributed by atoms with E-state index in [1.807, 2.05) is 25.1 Å². The molecule has 0 unspecified atom stereocenters. The van der Waals surface area contributed by atoms with Crippen molar-refractivity contribution in [3.05, 3.63) is 28.2 Å². The Morgan fingerprint density at radius 1 is 1.44 bits per heavy atom. The van der Waals surface area contributed by atoms with E-state index in [0.717, 1.165) is 23.7 Å². The van der Waals surface area contributed by atoms with Gasteiger partial charge in [0.25, 0.3) is 0 Å². The zero-order chi connectivity index (χ0) is 18.1. The lowest BCUT2D eigenvalue weighted by Crippen LogP contribution is -2.41. The van der Waals surface area contributed by atoms with Gasteiger partial charge in [-0.15, -0.1) is 0 Å². The third-order valence-corrected chi connectivity index (χ3v) is 4.02. The second-order valence-corrected chi connectivity index (χ2v) is 6.49. The van der Waals surface area contributed by atoms with E-state index in [-0.39, 0.29) is 6.10 Å². The second kappa shape index (κ2) is 10.1. The first-order chi connectivity index (χ1) is 12.1. The topological polar surface area (TPSA) is 89.0 Å². The fourth-order valence-electron chi connectivity index (χ4n) is 2.27. The van der Waals surface area contributed by atoms with Crippen molar-refractivity contribution < 1.29 is 19.1 Å². The van der Waals surface area contributed by atoms with Crippen molar-refractivity contribution in [3.8, 4) is 5.75 Å². The monoisotopic (exact) mass is 411 g/mol. The Kier molecular flexibility index (Phi) is 7.87. The van der Waals surface area contributed by atoms with Crippen LogP contribution in [0.25, 0.3) is 0 Å². The molecular formula is C17H22BrN3O4. The molecule has 1 aliphatic rings. The van der Waals surface area contributed by atoms with Gasteiger partial charge in [0.15, 0.2) is 0 Å². The summed E-state index contributed by atoms with van der Waals surface area (Å²) in [5.41, 5.74) is 2.91. The minimum absolute atomic E-state index is 0.0137. The van der Waals surface area contributed by atoms with Crippen molar-refractivity contribution in [1.82, 2.24) is 10.7 Å². The van der Waals surface area contributed by atoms with E-state index in [0.29, 0.717) is 31.1 Å². The number of halogens is 1. The molecule has 8 heteroatoms. The highest BCUT2D eigenvalue weighted by Crippen LogP contribution is 2.21. The fraction of sp³-hybridized carbons (Fsp3) is 0.471. The Morgan fingerprint density at radius 3 is 3.00 bits per heavy atom. The van der Waals surface area contributed by atoms with Gasteiger partial charge in [-0.3, -0.25) is 9.59 Å². The largest absolute Gasteiger partial charge is 0.493 e. The molecule has 0 aromatic heterocycles. The normalized spacial score (nSPS) is 16.8. The zero-order valence-electron chi connectivity index (χ0n) is 14.1. The highest BCUT2D eigenvalue weighted by atomic mass is 79.9. The Hall–Kier alpha value is -1.93. The first kappa shape index (κ1) is 19.4. The highest BCUT2D eigenvalue weighted by molar-refractivity contribution is 9.10. The van der Waals surface area contributed by atoms with Gasteiger partial charge in [-0.25, -0.2) is 5.43 Å². The Labute approximate surface area is 155 Å². The predicted molar refractivity (Wildman–Crippen MR) is 97.6 cm³/mol. The van der Waals surface area contributed by atoms with Crippen molar-refractivity contribution in [1.29, 1.82) is 0 Å². The minimum atomic E-state index is -0.819. The van der Waals surface area contributed by atoms with Gasteiger partial charge in [0.1, 0.15) is 5.75 Å². The number of carbonyl (C=O) groups is 2. The lowest BCUT2D eigenvalue weighted by molar-refractivity contribution is -0.139. The van der Waals surface area contributed by atoms with Crippen LogP contribution in [0.2, 0.25) is 0 Å². The molecule has 0 spiro atoms. The van der Waals surface area contributed by atoms with Gasteiger partial charge < -0.3 is 14.8 Å².